The second-order valence-electron chi connectivity index (χ2n) is 3.56. The van der Waals surface area contributed by atoms with E-state index in [1.54, 1.807) is 37.3 Å². The molecule has 0 bridgehead atoms. The molecule has 0 atom stereocenters. The molecular weight excluding hydrogens is 232 g/mol. The summed E-state index contributed by atoms with van der Waals surface area (Å²) < 4.78 is 4.72. The van der Waals surface area contributed by atoms with Crippen molar-refractivity contribution in [2.45, 2.75) is 13.8 Å². The first-order valence-corrected chi connectivity index (χ1v) is 5.55. The molecule has 0 spiro atoms. The summed E-state index contributed by atoms with van der Waals surface area (Å²) in [7, 11) is 0. The minimum atomic E-state index is -0.769. The van der Waals surface area contributed by atoms with E-state index in [0.717, 1.165) is 6.08 Å². The molecule has 0 heterocycles. The Labute approximate surface area is 105 Å². The van der Waals surface area contributed by atoms with E-state index in [0.29, 0.717) is 5.56 Å². The van der Waals surface area contributed by atoms with Crippen molar-refractivity contribution in [1.82, 2.24) is 0 Å². The molecule has 4 nitrogen and oxygen atoms in total. The second kappa shape index (κ2) is 6.49. The van der Waals surface area contributed by atoms with Gasteiger partial charge in [-0.3, -0.25) is 9.59 Å². The molecule has 0 aliphatic carbocycles. The lowest BCUT2D eigenvalue weighted by atomic mass is 10.1. The normalized spacial score (nSPS) is 10.9. The van der Waals surface area contributed by atoms with Gasteiger partial charge >= 0.3 is 5.97 Å². The van der Waals surface area contributed by atoms with Crippen LogP contribution in [0.15, 0.2) is 42.0 Å². The maximum absolute atomic E-state index is 11.8. The van der Waals surface area contributed by atoms with Gasteiger partial charge in [-0.1, -0.05) is 30.3 Å². The summed E-state index contributed by atoms with van der Waals surface area (Å²) >= 11 is 0. The number of esters is 1. The van der Waals surface area contributed by atoms with Crippen LogP contribution in [0.3, 0.4) is 0 Å². The van der Waals surface area contributed by atoms with Gasteiger partial charge in [-0.2, -0.15) is 0 Å². The zero-order valence-electron chi connectivity index (χ0n) is 10.3. The Morgan fingerprint density at radius 3 is 2.28 bits per heavy atom. The minimum absolute atomic E-state index is 0.156. The predicted octanol–water partition coefficient (Wildman–Crippen LogP) is 1.95. The Kier molecular flexibility index (Phi) is 4.99. The summed E-state index contributed by atoms with van der Waals surface area (Å²) in [5.74, 6) is -1.65. The van der Waals surface area contributed by atoms with E-state index in [-0.39, 0.29) is 12.2 Å². The number of carbonyl (C=O) groups is 3. The second-order valence-corrected chi connectivity index (χ2v) is 3.56. The molecular formula is C14H14O4. The zero-order valence-corrected chi connectivity index (χ0v) is 10.3. The highest BCUT2D eigenvalue weighted by Crippen LogP contribution is 2.06. The maximum atomic E-state index is 11.8. The molecule has 1 aromatic rings. The van der Waals surface area contributed by atoms with Crippen LogP contribution in [0, 0.1) is 0 Å². The zero-order chi connectivity index (χ0) is 13.5. The standard InChI is InChI=1S/C14H14O4/c1-3-18-14(17)12(10(2)15)9-13(16)11-7-5-4-6-8-11/h4-9H,3H2,1-2H3/b12-9+. The fourth-order valence-corrected chi connectivity index (χ4v) is 1.33. The van der Waals surface area contributed by atoms with Crippen molar-refractivity contribution in [3.05, 3.63) is 47.5 Å². The molecule has 94 valence electrons. The topological polar surface area (TPSA) is 60.4 Å². The van der Waals surface area contributed by atoms with Crippen molar-refractivity contribution in [2.24, 2.45) is 0 Å². The van der Waals surface area contributed by atoms with Crippen molar-refractivity contribution in [3.8, 4) is 0 Å². The van der Waals surface area contributed by atoms with Gasteiger partial charge in [0.2, 0.25) is 0 Å². The summed E-state index contributed by atoms with van der Waals surface area (Å²) in [5.41, 5.74) is 0.186. The van der Waals surface area contributed by atoms with Gasteiger partial charge < -0.3 is 4.74 Å². The molecule has 0 unspecified atom stereocenters. The highest BCUT2D eigenvalue weighted by atomic mass is 16.5. The maximum Gasteiger partial charge on any atom is 0.341 e. The molecule has 0 fully saturated rings. The summed E-state index contributed by atoms with van der Waals surface area (Å²) in [4.78, 5) is 34.6. The van der Waals surface area contributed by atoms with Gasteiger partial charge in [-0.05, 0) is 13.8 Å². The largest absolute Gasteiger partial charge is 0.462 e. The lowest BCUT2D eigenvalue weighted by molar-refractivity contribution is -0.139. The molecule has 0 radical (unpaired) electrons. The number of Topliss-reactive ketones (excluding diaryl/α,β-unsaturated/α-hetero) is 1. The number of hydrogen-bond donors (Lipinski definition) is 0. The van der Waals surface area contributed by atoms with Crippen LogP contribution >= 0.6 is 0 Å². The van der Waals surface area contributed by atoms with Crippen LogP contribution in [0.25, 0.3) is 0 Å². The lowest BCUT2D eigenvalue weighted by Crippen LogP contribution is -2.15. The van der Waals surface area contributed by atoms with E-state index in [9.17, 15) is 14.4 Å². The monoisotopic (exact) mass is 246 g/mol. The van der Waals surface area contributed by atoms with Gasteiger partial charge in [0.25, 0.3) is 0 Å². The number of hydrogen-bond acceptors (Lipinski definition) is 4. The third-order valence-electron chi connectivity index (χ3n) is 2.21. The van der Waals surface area contributed by atoms with Crippen LogP contribution in [0.2, 0.25) is 0 Å². The third-order valence-corrected chi connectivity index (χ3v) is 2.21. The Morgan fingerprint density at radius 2 is 1.78 bits per heavy atom. The molecule has 0 aliphatic rings. The summed E-state index contributed by atoms with van der Waals surface area (Å²) in [6, 6.07) is 8.42. The SMILES string of the molecule is CCOC(=O)/C(=C/C(=O)c1ccccc1)C(C)=O. The average Bonchev–Trinajstić information content (AvgIpc) is 2.36. The van der Waals surface area contributed by atoms with Gasteiger partial charge in [0, 0.05) is 11.6 Å². The first-order valence-electron chi connectivity index (χ1n) is 5.55. The van der Waals surface area contributed by atoms with Crippen molar-refractivity contribution in [1.29, 1.82) is 0 Å². The summed E-state index contributed by atoms with van der Waals surface area (Å²) in [6.45, 7) is 3.01. The molecule has 18 heavy (non-hydrogen) atoms. The van der Waals surface area contributed by atoms with Crippen LogP contribution < -0.4 is 0 Å². The predicted molar refractivity (Wildman–Crippen MR) is 66.2 cm³/mol. The smallest absolute Gasteiger partial charge is 0.341 e. The first-order chi connectivity index (χ1) is 8.56. The Morgan fingerprint density at radius 1 is 1.17 bits per heavy atom. The first kappa shape index (κ1) is 13.8. The average molecular weight is 246 g/mol. The Balaban J connectivity index is 3.00. The van der Waals surface area contributed by atoms with Crippen LogP contribution in [-0.4, -0.2) is 24.1 Å². The number of allylic oxidation sites excluding steroid dienone is 1. The van der Waals surface area contributed by atoms with Gasteiger partial charge in [-0.15, -0.1) is 0 Å². The van der Waals surface area contributed by atoms with Crippen molar-refractivity contribution in [2.75, 3.05) is 6.61 Å². The minimum Gasteiger partial charge on any atom is -0.462 e. The molecule has 0 saturated carbocycles. The summed E-state index contributed by atoms with van der Waals surface area (Å²) in [6.07, 6.45) is 1.02. The van der Waals surface area contributed by atoms with E-state index in [2.05, 4.69) is 0 Å². The van der Waals surface area contributed by atoms with E-state index in [1.165, 1.54) is 6.92 Å². The fourth-order valence-electron chi connectivity index (χ4n) is 1.33. The molecule has 0 aliphatic heterocycles. The number of ketones is 2. The Bertz CT molecular complexity index is 486. The van der Waals surface area contributed by atoms with Gasteiger partial charge in [0.05, 0.1) is 6.61 Å². The third kappa shape index (κ3) is 3.66. The number of benzene rings is 1. The van der Waals surface area contributed by atoms with Crippen molar-refractivity contribution in [3.63, 3.8) is 0 Å². The molecule has 0 N–H and O–H groups in total. The van der Waals surface area contributed by atoms with Crippen molar-refractivity contribution >= 4 is 17.5 Å². The molecule has 1 aromatic carbocycles. The van der Waals surface area contributed by atoms with Crippen LogP contribution in [0.1, 0.15) is 24.2 Å². The highest BCUT2D eigenvalue weighted by molar-refractivity contribution is 6.21. The molecule has 0 amide bonds. The van der Waals surface area contributed by atoms with Gasteiger partial charge in [-0.25, -0.2) is 4.79 Å². The number of carbonyl (C=O) groups excluding carboxylic acids is 3. The molecule has 1 rings (SSSR count). The molecule has 0 saturated heterocycles. The van der Waals surface area contributed by atoms with Gasteiger partial charge in [0.1, 0.15) is 5.57 Å². The lowest BCUT2D eigenvalue weighted by Gasteiger charge is -2.03. The number of rotatable bonds is 5. The van der Waals surface area contributed by atoms with Gasteiger partial charge in [0.15, 0.2) is 11.6 Å². The van der Waals surface area contributed by atoms with E-state index >= 15 is 0 Å². The highest BCUT2D eigenvalue weighted by Gasteiger charge is 2.17. The van der Waals surface area contributed by atoms with Crippen LogP contribution in [-0.2, 0) is 14.3 Å². The van der Waals surface area contributed by atoms with E-state index in [1.807, 2.05) is 0 Å². The van der Waals surface area contributed by atoms with Crippen LogP contribution in [0.4, 0.5) is 0 Å². The van der Waals surface area contributed by atoms with E-state index < -0.39 is 17.5 Å². The quantitative estimate of drug-likeness (QED) is 0.262. The van der Waals surface area contributed by atoms with E-state index in [4.69, 9.17) is 4.74 Å². The van der Waals surface area contributed by atoms with Crippen LogP contribution in [0.5, 0.6) is 0 Å². The Hall–Kier alpha value is -2.23. The number of ether oxygens (including phenoxy) is 1. The molecule has 4 heteroatoms. The molecule has 0 aromatic heterocycles. The summed E-state index contributed by atoms with van der Waals surface area (Å²) in [5, 5.41) is 0. The fraction of sp³-hybridized carbons (Fsp3) is 0.214. The van der Waals surface area contributed by atoms with Crippen molar-refractivity contribution < 1.29 is 19.1 Å².